The van der Waals surface area contributed by atoms with Crippen molar-refractivity contribution in [1.82, 2.24) is 0 Å². The van der Waals surface area contributed by atoms with Crippen LogP contribution in [0.4, 0.5) is 4.39 Å². The molecule has 1 atom stereocenters. The smallest absolute Gasteiger partial charge is 0.131 e. The van der Waals surface area contributed by atoms with Crippen molar-refractivity contribution in [3.63, 3.8) is 0 Å². The fourth-order valence-corrected chi connectivity index (χ4v) is 1.89. The van der Waals surface area contributed by atoms with Crippen LogP contribution in [0, 0.1) is 5.82 Å². The average molecular weight is 255 g/mol. The van der Waals surface area contributed by atoms with Gasteiger partial charge < -0.3 is 5.11 Å². The maximum absolute atomic E-state index is 13.7. The van der Waals surface area contributed by atoms with E-state index in [1.165, 1.54) is 12.1 Å². The Labute approximate surface area is 100 Å². The predicted molar refractivity (Wildman–Crippen MR) is 67.9 cm³/mol. The molecule has 4 heteroatoms. The first kappa shape index (κ1) is 11.4. The summed E-state index contributed by atoms with van der Waals surface area (Å²) in [5.41, 5.74) is 0.798. The number of hydrogen-bond donors (Lipinski definition) is 1. The number of halogens is 2. The molecule has 0 saturated heterocycles. The van der Waals surface area contributed by atoms with Gasteiger partial charge in [-0.25, -0.2) is 4.39 Å². The van der Waals surface area contributed by atoms with E-state index in [0.29, 0.717) is 16.1 Å². The second kappa shape index (κ2) is 4.40. The van der Waals surface area contributed by atoms with Gasteiger partial charge in [0.25, 0.3) is 0 Å². The summed E-state index contributed by atoms with van der Waals surface area (Å²) in [5.74, 6) is -0.395. The molecule has 1 N–H and O–H groups in total. The molecule has 0 fully saturated rings. The van der Waals surface area contributed by atoms with E-state index in [1.807, 2.05) is 0 Å². The van der Waals surface area contributed by atoms with Crippen molar-refractivity contribution in [1.29, 1.82) is 0 Å². The van der Waals surface area contributed by atoms with Gasteiger partial charge in [-0.2, -0.15) is 0 Å². The van der Waals surface area contributed by atoms with Crippen molar-refractivity contribution in [2.45, 2.75) is 0 Å². The lowest BCUT2D eigenvalue weighted by atomic mass is 10.0. The van der Waals surface area contributed by atoms with E-state index in [1.54, 1.807) is 24.3 Å². The molecule has 1 nitrogen and oxygen atoms in total. The minimum Gasteiger partial charge on any atom is -0.507 e. The van der Waals surface area contributed by atoms with E-state index in [9.17, 15) is 9.50 Å². The van der Waals surface area contributed by atoms with Crippen LogP contribution in [-0.2, 0) is 0 Å². The van der Waals surface area contributed by atoms with Gasteiger partial charge in [0, 0.05) is 16.1 Å². The number of benzene rings is 2. The first-order valence-corrected chi connectivity index (χ1v) is 5.57. The number of hydrogen-bond acceptors (Lipinski definition) is 1. The quantitative estimate of drug-likeness (QED) is 0.774. The van der Waals surface area contributed by atoms with Crippen molar-refractivity contribution in [3.05, 3.63) is 47.2 Å². The number of phenolic OH excluding ortho intramolecular Hbond substituents is 1. The summed E-state index contributed by atoms with van der Waals surface area (Å²) in [4.78, 5) is 0. The minimum absolute atomic E-state index is 0.0251. The Morgan fingerprint density at radius 1 is 1.06 bits per heavy atom. The van der Waals surface area contributed by atoms with Gasteiger partial charge in [-0.1, -0.05) is 23.7 Å². The summed E-state index contributed by atoms with van der Waals surface area (Å²) in [6.45, 7) is 0. The first-order chi connectivity index (χ1) is 7.58. The summed E-state index contributed by atoms with van der Waals surface area (Å²) < 4.78 is 13.7. The average Bonchev–Trinajstić information content (AvgIpc) is 2.19. The van der Waals surface area contributed by atoms with Crippen LogP contribution in [0.15, 0.2) is 36.4 Å². The van der Waals surface area contributed by atoms with Gasteiger partial charge in [0.1, 0.15) is 11.6 Å². The molecular weight excluding hydrogens is 246 g/mol. The first-order valence-electron chi connectivity index (χ1n) is 4.62. The molecule has 0 aliphatic carbocycles. The summed E-state index contributed by atoms with van der Waals surface area (Å²) in [6, 6.07) is 9.39. The molecule has 0 heterocycles. The van der Waals surface area contributed by atoms with Crippen molar-refractivity contribution in [2.24, 2.45) is 0 Å². The lowest BCUT2D eigenvalue weighted by molar-refractivity contribution is 0.477. The van der Waals surface area contributed by atoms with Crippen LogP contribution in [0.2, 0.25) is 5.02 Å². The third-order valence-corrected chi connectivity index (χ3v) is 2.84. The zero-order valence-corrected chi connectivity index (χ0v) is 10.2. The Kier molecular flexibility index (Phi) is 3.13. The zero-order chi connectivity index (χ0) is 11.7. The second-order valence-corrected chi connectivity index (χ2v) is 4.50. The monoisotopic (exact) mass is 254 g/mol. The lowest BCUT2D eigenvalue weighted by Crippen LogP contribution is -1.94. The Balaban J connectivity index is 2.59. The Morgan fingerprint density at radius 3 is 2.38 bits per heavy atom. The van der Waals surface area contributed by atoms with E-state index in [0.717, 1.165) is 5.30 Å². The fourth-order valence-electron chi connectivity index (χ4n) is 1.48. The molecule has 1 unspecified atom stereocenters. The van der Waals surface area contributed by atoms with Gasteiger partial charge in [0.15, 0.2) is 0 Å². The zero-order valence-electron chi connectivity index (χ0n) is 8.24. The maximum atomic E-state index is 13.7. The molecule has 0 aromatic heterocycles. The van der Waals surface area contributed by atoms with Crippen molar-refractivity contribution in [3.8, 4) is 16.9 Å². The highest BCUT2D eigenvalue weighted by Crippen LogP contribution is 2.32. The standard InChI is InChI=1S/C12H9ClFOP/c13-7-1-3-10(12(15)5-7)9-4-2-8(16)6-11(9)14/h1-6,15H,16H2. The molecule has 0 spiro atoms. The second-order valence-electron chi connectivity index (χ2n) is 3.40. The van der Waals surface area contributed by atoms with E-state index < -0.39 is 0 Å². The van der Waals surface area contributed by atoms with E-state index >= 15 is 0 Å². The Morgan fingerprint density at radius 2 is 1.75 bits per heavy atom. The SMILES string of the molecule is Oc1cc(Cl)ccc1-c1ccc(P)cc1F. The number of aromatic hydroxyl groups is 1. The maximum Gasteiger partial charge on any atom is 0.131 e. The van der Waals surface area contributed by atoms with Gasteiger partial charge >= 0.3 is 0 Å². The molecule has 0 aliphatic heterocycles. The predicted octanol–water partition coefficient (Wildman–Crippen LogP) is 3.35. The third-order valence-electron chi connectivity index (χ3n) is 2.24. The van der Waals surface area contributed by atoms with Crippen LogP contribution in [-0.4, -0.2) is 5.11 Å². The number of phenols is 1. The van der Waals surface area contributed by atoms with Crippen molar-refractivity contribution < 1.29 is 9.50 Å². The third kappa shape index (κ3) is 2.18. The molecule has 0 bridgehead atoms. The van der Waals surface area contributed by atoms with Crippen molar-refractivity contribution >= 4 is 26.1 Å². The summed E-state index contributed by atoms with van der Waals surface area (Å²) >= 11 is 5.71. The van der Waals surface area contributed by atoms with E-state index in [-0.39, 0.29) is 11.6 Å². The van der Waals surface area contributed by atoms with Crippen LogP contribution in [0.25, 0.3) is 11.1 Å². The highest BCUT2D eigenvalue weighted by molar-refractivity contribution is 7.27. The molecular formula is C12H9ClFOP. The van der Waals surface area contributed by atoms with Gasteiger partial charge in [-0.3, -0.25) is 0 Å². The molecule has 16 heavy (non-hydrogen) atoms. The molecule has 0 saturated carbocycles. The van der Waals surface area contributed by atoms with Gasteiger partial charge in [0.05, 0.1) is 0 Å². The molecule has 0 amide bonds. The molecule has 0 radical (unpaired) electrons. The van der Waals surface area contributed by atoms with Gasteiger partial charge in [-0.05, 0) is 29.6 Å². The van der Waals surface area contributed by atoms with Crippen LogP contribution in [0.1, 0.15) is 0 Å². The van der Waals surface area contributed by atoms with Gasteiger partial charge in [-0.15, -0.1) is 9.24 Å². The van der Waals surface area contributed by atoms with Crippen LogP contribution in [0.5, 0.6) is 5.75 Å². The molecule has 82 valence electrons. The summed E-state index contributed by atoms with van der Waals surface area (Å²) in [7, 11) is 2.42. The molecule has 2 aromatic carbocycles. The van der Waals surface area contributed by atoms with Gasteiger partial charge in [0.2, 0.25) is 0 Å². The Hall–Kier alpha value is -1.11. The topological polar surface area (TPSA) is 20.2 Å². The molecule has 2 aromatic rings. The Bertz CT molecular complexity index is 493. The lowest BCUT2D eigenvalue weighted by Gasteiger charge is -2.07. The number of rotatable bonds is 1. The van der Waals surface area contributed by atoms with E-state index in [2.05, 4.69) is 9.24 Å². The van der Waals surface area contributed by atoms with Crippen LogP contribution in [0.3, 0.4) is 0 Å². The largest absolute Gasteiger partial charge is 0.507 e. The molecule has 2 rings (SSSR count). The fraction of sp³-hybridized carbons (Fsp3) is 0. The van der Waals surface area contributed by atoms with Crippen LogP contribution < -0.4 is 5.30 Å². The highest BCUT2D eigenvalue weighted by atomic mass is 35.5. The highest BCUT2D eigenvalue weighted by Gasteiger charge is 2.09. The van der Waals surface area contributed by atoms with E-state index in [4.69, 9.17) is 11.6 Å². The molecule has 0 aliphatic rings. The summed E-state index contributed by atoms with van der Waals surface area (Å²) in [6.07, 6.45) is 0. The normalized spacial score (nSPS) is 10.4. The van der Waals surface area contributed by atoms with Crippen molar-refractivity contribution in [2.75, 3.05) is 0 Å². The van der Waals surface area contributed by atoms with Crippen LogP contribution >= 0.6 is 20.8 Å². The summed E-state index contributed by atoms with van der Waals surface area (Å²) in [5, 5.41) is 10.9. The minimum atomic E-state index is -0.370.